The molecule has 0 aliphatic rings. The Morgan fingerprint density at radius 1 is 1.22 bits per heavy atom. The molecule has 0 fully saturated rings. The van der Waals surface area contributed by atoms with Gasteiger partial charge in [-0.3, -0.25) is 9.78 Å². The first kappa shape index (κ1) is 12.6. The van der Waals surface area contributed by atoms with E-state index in [1.54, 1.807) is 0 Å². The zero-order valence-electron chi connectivity index (χ0n) is 11.2. The van der Waals surface area contributed by atoms with Gasteiger partial charge in [0.1, 0.15) is 0 Å². The van der Waals surface area contributed by atoms with E-state index in [9.17, 15) is 4.79 Å². The fourth-order valence-electron chi connectivity index (χ4n) is 2.20. The number of carbonyl (C=O) groups excluding carboxylic acids is 1. The van der Waals surface area contributed by atoms with Crippen LogP contribution in [0, 0.1) is 13.8 Å². The van der Waals surface area contributed by atoms with E-state index in [2.05, 4.69) is 10.3 Å². The maximum atomic E-state index is 12.2. The van der Waals surface area contributed by atoms with E-state index in [0.717, 1.165) is 22.2 Å². The first-order valence-corrected chi connectivity index (χ1v) is 6.17. The van der Waals surface area contributed by atoms with Gasteiger partial charge in [-0.2, -0.15) is 0 Å². The third kappa shape index (κ3) is 2.21. The molecule has 1 aromatic carbocycles. The van der Waals surface area contributed by atoms with Gasteiger partial charge in [0, 0.05) is 11.4 Å². The third-order valence-electron chi connectivity index (χ3n) is 2.98. The van der Waals surface area contributed by atoms with E-state index in [0.29, 0.717) is 5.56 Å². The van der Waals surface area contributed by atoms with Crippen LogP contribution >= 0.6 is 0 Å². The molecule has 18 heavy (non-hydrogen) atoms. The van der Waals surface area contributed by atoms with E-state index in [-0.39, 0.29) is 11.9 Å². The van der Waals surface area contributed by atoms with E-state index in [1.807, 2.05) is 52.0 Å². The van der Waals surface area contributed by atoms with Crippen molar-refractivity contribution in [3.63, 3.8) is 0 Å². The van der Waals surface area contributed by atoms with Crippen LogP contribution in [0.1, 0.15) is 35.5 Å². The highest BCUT2D eigenvalue weighted by Gasteiger charge is 2.16. The van der Waals surface area contributed by atoms with Gasteiger partial charge in [0.05, 0.1) is 16.8 Å². The number of fused-ring (bicyclic) bond motifs is 1. The summed E-state index contributed by atoms with van der Waals surface area (Å²) >= 11 is 0. The highest BCUT2D eigenvalue weighted by molar-refractivity contribution is 6.01. The second-order valence-electron chi connectivity index (χ2n) is 4.84. The SMILES string of the molecule is Cc1nc2ccccc2c(C)c1C(=O)NC(C)C. The minimum atomic E-state index is -0.0433. The van der Waals surface area contributed by atoms with E-state index in [4.69, 9.17) is 0 Å². The molecule has 0 spiro atoms. The molecule has 2 aromatic rings. The van der Waals surface area contributed by atoms with Crippen molar-refractivity contribution in [2.75, 3.05) is 0 Å². The summed E-state index contributed by atoms with van der Waals surface area (Å²) in [7, 11) is 0. The molecule has 3 heteroatoms. The molecule has 1 N–H and O–H groups in total. The Hall–Kier alpha value is -1.90. The Morgan fingerprint density at radius 2 is 1.89 bits per heavy atom. The van der Waals surface area contributed by atoms with Crippen molar-refractivity contribution in [3.05, 3.63) is 41.1 Å². The highest BCUT2D eigenvalue weighted by Crippen LogP contribution is 2.22. The molecule has 0 saturated carbocycles. The zero-order valence-corrected chi connectivity index (χ0v) is 11.2. The molecule has 1 aromatic heterocycles. The number of para-hydroxylation sites is 1. The number of hydrogen-bond acceptors (Lipinski definition) is 2. The summed E-state index contributed by atoms with van der Waals surface area (Å²) in [5.74, 6) is -0.0433. The lowest BCUT2D eigenvalue weighted by atomic mass is 10.0. The maximum Gasteiger partial charge on any atom is 0.253 e. The smallest absolute Gasteiger partial charge is 0.253 e. The first-order valence-electron chi connectivity index (χ1n) is 6.17. The summed E-state index contributed by atoms with van der Waals surface area (Å²) in [6.45, 7) is 7.77. The molecule has 1 heterocycles. The van der Waals surface area contributed by atoms with Crippen molar-refractivity contribution in [1.82, 2.24) is 10.3 Å². The summed E-state index contributed by atoms with van der Waals surface area (Å²) in [5, 5.41) is 3.97. The molecule has 94 valence electrons. The molecule has 0 radical (unpaired) electrons. The van der Waals surface area contributed by atoms with Crippen LogP contribution in [-0.4, -0.2) is 16.9 Å². The summed E-state index contributed by atoms with van der Waals surface area (Å²) in [6, 6.07) is 8.03. The Bertz CT molecular complexity index is 603. The molecule has 1 amide bonds. The van der Waals surface area contributed by atoms with Crippen molar-refractivity contribution in [3.8, 4) is 0 Å². The average Bonchev–Trinajstić information content (AvgIpc) is 2.27. The van der Waals surface area contributed by atoms with Gasteiger partial charge < -0.3 is 5.32 Å². The summed E-state index contributed by atoms with van der Waals surface area (Å²) in [6.07, 6.45) is 0. The number of rotatable bonds is 2. The third-order valence-corrected chi connectivity index (χ3v) is 2.98. The molecule has 3 nitrogen and oxygen atoms in total. The number of amides is 1. The Balaban J connectivity index is 2.60. The van der Waals surface area contributed by atoms with E-state index in [1.165, 1.54) is 0 Å². The van der Waals surface area contributed by atoms with Crippen LogP contribution in [-0.2, 0) is 0 Å². The highest BCUT2D eigenvalue weighted by atomic mass is 16.1. The number of hydrogen-bond donors (Lipinski definition) is 1. The normalized spacial score (nSPS) is 10.9. The van der Waals surface area contributed by atoms with Crippen LogP contribution in [0.3, 0.4) is 0 Å². The number of nitrogens with one attached hydrogen (secondary N) is 1. The van der Waals surface area contributed by atoms with Gasteiger partial charge in [0.25, 0.3) is 5.91 Å². The summed E-state index contributed by atoms with van der Waals surface area (Å²) < 4.78 is 0. The van der Waals surface area contributed by atoms with E-state index >= 15 is 0 Å². The lowest BCUT2D eigenvalue weighted by Crippen LogP contribution is -2.31. The van der Waals surface area contributed by atoms with Crippen LogP contribution < -0.4 is 5.32 Å². The number of carbonyl (C=O) groups is 1. The second kappa shape index (κ2) is 4.77. The van der Waals surface area contributed by atoms with Crippen molar-refractivity contribution in [2.24, 2.45) is 0 Å². The molecule has 2 rings (SSSR count). The Morgan fingerprint density at radius 3 is 2.56 bits per heavy atom. The van der Waals surface area contributed by atoms with Crippen LogP contribution in [0.5, 0.6) is 0 Å². The molecule has 0 saturated heterocycles. The van der Waals surface area contributed by atoms with Crippen molar-refractivity contribution >= 4 is 16.8 Å². The van der Waals surface area contributed by atoms with Crippen LogP contribution in [0.25, 0.3) is 10.9 Å². The predicted molar refractivity (Wildman–Crippen MR) is 73.8 cm³/mol. The van der Waals surface area contributed by atoms with Crippen molar-refractivity contribution in [1.29, 1.82) is 0 Å². The van der Waals surface area contributed by atoms with Gasteiger partial charge in [-0.25, -0.2) is 0 Å². The van der Waals surface area contributed by atoms with Crippen LogP contribution in [0.15, 0.2) is 24.3 Å². The van der Waals surface area contributed by atoms with E-state index < -0.39 is 0 Å². The molecule has 0 aliphatic carbocycles. The topological polar surface area (TPSA) is 42.0 Å². The van der Waals surface area contributed by atoms with Crippen molar-refractivity contribution in [2.45, 2.75) is 33.7 Å². The van der Waals surface area contributed by atoms with Gasteiger partial charge in [-0.1, -0.05) is 18.2 Å². The van der Waals surface area contributed by atoms with Gasteiger partial charge >= 0.3 is 0 Å². The molecule has 0 bridgehead atoms. The number of pyridine rings is 1. The minimum Gasteiger partial charge on any atom is -0.350 e. The van der Waals surface area contributed by atoms with Crippen LogP contribution in [0.2, 0.25) is 0 Å². The predicted octanol–water partition coefficient (Wildman–Crippen LogP) is 2.99. The fourth-order valence-corrected chi connectivity index (χ4v) is 2.20. The number of aromatic nitrogens is 1. The first-order chi connectivity index (χ1) is 8.50. The summed E-state index contributed by atoms with van der Waals surface area (Å²) in [5.41, 5.74) is 3.41. The number of nitrogens with zero attached hydrogens (tertiary/aromatic N) is 1. The lowest BCUT2D eigenvalue weighted by molar-refractivity contribution is 0.0941. The van der Waals surface area contributed by atoms with Gasteiger partial charge in [0.2, 0.25) is 0 Å². The number of aryl methyl sites for hydroxylation is 2. The Labute approximate surface area is 107 Å². The second-order valence-corrected chi connectivity index (χ2v) is 4.84. The van der Waals surface area contributed by atoms with Crippen molar-refractivity contribution < 1.29 is 4.79 Å². The molecule has 0 unspecified atom stereocenters. The maximum absolute atomic E-state index is 12.2. The molecular formula is C15H18N2O. The standard InChI is InChI=1S/C15H18N2O/c1-9(2)16-15(18)14-10(3)12-7-5-6-8-13(12)17-11(14)4/h5-9H,1-4H3,(H,16,18). The fraction of sp³-hybridized carbons (Fsp3) is 0.333. The molecule has 0 aliphatic heterocycles. The monoisotopic (exact) mass is 242 g/mol. The Kier molecular flexibility index (Phi) is 3.32. The van der Waals surface area contributed by atoms with Gasteiger partial charge in [-0.05, 0) is 39.3 Å². The average molecular weight is 242 g/mol. The van der Waals surface area contributed by atoms with Gasteiger partial charge in [-0.15, -0.1) is 0 Å². The summed E-state index contributed by atoms with van der Waals surface area (Å²) in [4.78, 5) is 16.7. The van der Waals surface area contributed by atoms with Crippen LogP contribution in [0.4, 0.5) is 0 Å². The largest absolute Gasteiger partial charge is 0.350 e. The number of benzene rings is 1. The minimum absolute atomic E-state index is 0.0433. The van der Waals surface area contributed by atoms with Gasteiger partial charge in [0.15, 0.2) is 0 Å². The quantitative estimate of drug-likeness (QED) is 0.879. The molecule has 0 atom stereocenters. The zero-order chi connectivity index (χ0) is 13.3. The molecular weight excluding hydrogens is 224 g/mol. The lowest BCUT2D eigenvalue weighted by Gasteiger charge is -2.14.